The van der Waals surface area contributed by atoms with Crippen molar-refractivity contribution in [2.75, 3.05) is 6.61 Å². The van der Waals surface area contributed by atoms with Gasteiger partial charge in [-0.15, -0.1) is 0 Å². The molecular formula is C12H12O4. The summed E-state index contributed by atoms with van der Waals surface area (Å²) in [6, 6.07) is 6.95. The van der Waals surface area contributed by atoms with E-state index in [0.717, 1.165) is 0 Å². The number of ketones is 1. The Morgan fingerprint density at radius 2 is 2.25 bits per heavy atom. The number of rotatable bonds is 2. The van der Waals surface area contributed by atoms with Gasteiger partial charge in [0, 0.05) is 6.42 Å². The molecule has 1 aromatic carbocycles. The highest BCUT2D eigenvalue weighted by Gasteiger charge is 2.31. The first-order chi connectivity index (χ1) is 7.72. The fraction of sp³-hybridized carbons (Fsp3) is 0.333. The Labute approximate surface area is 93.2 Å². The van der Waals surface area contributed by atoms with Crippen LogP contribution in [0.4, 0.5) is 0 Å². The Hall–Kier alpha value is -1.84. The van der Waals surface area contributed by atoms with Crippen molar-refractivity contribution >= 4 is 11.8 Å². The lowest BCUT2D eigenvalue weighted by Gasteiger charge is -2.23. The quantitative estimate of drug-likeness (QED) is 0.710. The average molecular weight is 220 g/mol. The van der Waals surface area contributed by atoms with Crippen LogP contribution in [0.5, 0.6) is 5.75 Å². The van der Waals surface area contributed by atoms with E-state index in [2.05, 4.69) is 0 Å². The zero-order valence-corrected chi connectivity index (χ0v) is 8.93. The third kappa shape index (κ3) is 1.91. The van der Waals surface area contributed by atoms with Gasteiger partial charge in [0.15, 0.2) is 6.10 Å². The SMILES string of the molecule is CCC(=O)OC1COc2ccccc2C1=O. The van der Waals surface area contributed by atoms with E-state index >= 15 is 0 Å². The number of carbonyl (C=O) groups is 2. The fourth-order valence-electron chi connectivity index (χ4n) is 1.54. The van der Waals surface area contributed by atoms with Crippen LogP contribution in [0, 0.1) is 0 Å². The van der Waals surface area contributed by atoms with Crippen molar-refractivity contribution in [3.63, 3.8) is 0 Å². The molecule has 1 unspecified atom stereocenters. The van der Waals surface area contributed by atoms with Gasteiger partial charge >= 0.3 is 5.97 Å². The first kappa shape index (κ1) is 10.7. The van der Waals surface area contributed by atoms with Crippen molar-refractivity contribution in [1.82, 2.24) is 0 Å². The van der Waals surface area contributed by atoms with Crippen LogP contribution in [0.2, 0.25) is 0 Å². The smallest absolute Gasteiger partial charge is 0.306 e. The van der Waals surface area contributed by atoms with Crippen LogP contribution < -0.4 is 4.74 Å². The van der Waals surface area contributed by atoms with Gasteiger partial charge in [0.25, 0.3) is 0 Å². The summed E-state index contributed by atoms with van der Waals surface area (Å²) in [6.45, 7) is 1.78. The number of para-hydroxylation sites is 1. The molecule has 1 atom stereocenters. The first-order valence-corrected chi connectivity index (χ1v) is 5.18. The zero-order chi connectivity index (χ0) is 11.5. The van der Waals surface area contributed by atoms with Gasteiger partial charge in [-0.05, 0) is 12.1 Å². The van der Waals surface area contributed by atoms with Gasteiger partial charge in [-0.3, -0.25) is 9.59 Å². The highest BCUT2D eigenvalue weighted by atomic mass is 16.6. The minimum absolute atomic E-state index is 0.0988. The van der Waals surface area contributed by atoms with Crippen molar-refractivity contribution in [1.29, 1.82) is 0 Å². The van der Waals surface area contributed by atoms with Gasteiger partial charge in [0.1, 0.15) is 12.4 Å². The first-order valence-electron chi connectivity index (χ1n) is 5.18. The highest BCUT2D eigenvalue weighted by molar-refractivity contribution is 6.03. The molecule has 1 aromatic rings. The molecule has 1 aliphatic rings. The van der Waals surface area contributed by atoms with Gasteiger partial charge < -0.3 is 9.47 Å². The maximum atomic E-state index is 11.9. The van der Waals surface area contributed by atoms with E-state index in [0.29, 0.717) is 11.3 Å². The lowest BCUT2D eigenvalue weighted by molar-refractivity contribution is -0.148. The molecule has 2 rings (SSSR count). The van der Waals surface area contributed by atoms with Gasteiger partial charge in [0.2, 0.25) is 5.78 Å². The molecule has 0 fully saturated rings. The summed E-state index contributed by atoms with van der Waals surface area (Å²) in [6.07, 6.45) is -0.548. The van der Waals surface area contributed by atoms with Crippen molar-refractivity contribution in [2.24, 2.45) is 0 Å². The summed E-state index contributed by atoms with van der Waals surface area (Å²) in [7, 11) is 0. The summed E-state index contributed by atoms with van der Waals surface area (Å²) in [4.78, 5) is 23.0. The predicted molar refractivity (Wildman–Crippen MR) is 56.4 cm³/mol. The number of hydrogen-bond donors (Lipinski definition) is 0. The van der Waals surface area contributed by atoms with Crippen molar-refractivity contribution in [3.8, 4) is 5.75 Å². The normalized spacial score (nSPS) is 18.6. The molecule has 0 saturated carbocycles. The Morgan fingerprint density at radius 1 is 1.50 bits per heavy atom. The predicted octanol–water partition coefficient (Wildman–Crippen LogP) is 1.58. The van der Waals surface area contributed by atoms with Crippen LogP contribution in [0.15, 0.2) is 24.3 Å². The summed E-state index contributed by atoms with van der Waals surface area (Å²) in [5, 5.41) is 0. The Kier molecular flexibility index (Phi) is 2.90. The van der Waals surface area contributed by atoms with E-state index in [1.807, 2.05) is 0 Å². The number of ether oxygens (including phenoxy) is 2. The van der Waals surface area contributed by atoms with Crippen molar-refractivity contribution in [3.05, 3.63) is 29.8 Å². The minimum atomic E-state index is -0.803. The molecule has 0 spiro atoms. The maximum Gasteiger partial charge on any atom is 0.306 e. The fourth-order valence-corrected chi connectivity index (χ4v) is 1.54. The van der Waals surface area contributed by atoms with Crippen LogP contribution in [0.1, 0.15) is 23.7 Å². The Bertz CT molecular complexity index is 425. The average Bonchev–Trinajstić information content (AvgIpc) is 2.33. The molecule has 16 heavy (non-hydrogen) atoms. The molecule has 0 amide bonds. The molecule has 0 radical (unpaired) electrons. The number of hydrogen-bond acceptors (Lipinski definition) is 4. The largest absolute Gasteiger partial charge is 0.488 e. The van der Waals surface area contributed by atoms with Crippen LogP contribution in [-0.4, -0.2) is 24.5 Å². The molecule has 0 aliphatic carbocycles. The van der Waals surface area contributed by atoms with Crippen molar-refractivity contribution < 1.29 is 19.1 Å². The molecule has 0 aromatic heterocycles. The topological polar surface area (TPSA) is 52.6 Å². The van der Waals surface area contributed by atoms with Crippen LogP contribution >= 0.6 is 0 Å². The number of carbonyl (C=O) groups excluding carboxylic acids is 2. The molecule has 0 bridgehead atoms. The number of esters is 1. The second kappa shape index (κ2) is 4.35. The van der Waals surface area contributed by atoms with Crippen LogP contribution in [0.25, 0.3) is 0 Å². The molecule has 0 N–H and O–H groups in total. The number of fused-ring (bicyclic) bond motifs is 1. The zero-order valence-electron chi connectivity index (χ0n) is 8.93. The molecule has 1 aliphatic heterocycles. The van der Waals surface area contributed by atoms with E-state index < -0.39 is 6.10 Å². The van der Waals surface area contributed by atoms with Crippen LogP contribution in [0.3, 0.4) is 0 Å². The lowest BCUT2D eigenvalue weighted by atomic mass is 10.0. The molecule has 4 nitrogen and oxygen atoms in total. The second-order valence-corrected chi connectivity index (χ2v) is 3.50. The van der Waals surface area contributed by atoms with Crippen LogP contribution in [-0.2, 0) is 9.53 Å². The van der Waals surface area contributed by atoms with Gasteiger partial charge in [-0.25, -0.2) is 0 Å². The summed E-state index contributed by atoms with van der Waals surface area (Å²) in [5.74, 6) is -0.0266. The maximum absolute atomic E-state index is 11.9. The third-order valence-corrected chi connectivity index (χ3v) is 2.40. The molecular weight excluding hydrogens is 208 g/mol. The highest BCUT2D eigenvalue weighted by Crippen LogP contribution is 2.25. The Balaban J connectivity index is 2.18. The molecule has 84 valence electrons. The van der Waals surface area contributed by atoms with Gasteiger partial charge in [0.05, 0.1) is 5.56 Å². The standard InChI is InChI=1S/C12H12O4/c1-2-11(13)16-10-7-15-9-6-4-3-5-8(9)12(10)14/h3-6,10H,2,7H2,1H3. The Morgan fingerprint density at radius 3 is 3.00 bits per heavy atom. The van der Waals surface area contributed by atoms with Gasteiger partial charge in [-0.2, -0.15) is 0 Å². The second-order valence-electron chi connectivity index (χ2n) is 3.50. The van der Waals surface area contributed by atoms with E-state index in [4.69, 9.17) is 9.47 Å². The molecule has 1 heterocycles. The monoisotopic (exact) mass is 220 g/mol. The van der Waals surface area contributed by atoms with E-state index in [1.54, 1.807) is 31.2 Å². The van der Waals surface area contributed by atoms with E-state index in [1.165, 1.54) is 0 Å². The summed E-state index contributed by atoms with van der Waals surface area (Å²) >= 11 is 0. The van der Waals surface area contributed by atoms with Gasteiger partial charge in [-0.1, -0.05) is 19.1 Å². The summed E-state index contributed by atoms with van der Waals surface area (Å²) in [5.41, 5.74) is 0.475. The molecule has 4 heteroatoms. The number of Topliss-reactive ketones (excluding diaryl/α,β-unsaturated/α-hetero) is 1. The summed E-state index contributed by atoms with van der Waals surface area (Å²) < 4.78 is 10.3. The van der Waals surface area contributed by atoms with E-state index in [-0.39, 0.29) is 24.8 Å². The molecule has 0 saturated heterocycles. The van der Waals surface area contributed by atoms with E-state index in [9.17, 15) is 9.59 Å². The number of benzene rings is 1. The minimum Gasteiger partial charge on any atom is -0.488 e. The third-order valence-electron chi connectivity index (χ3n) is 2.40. The lowest BCUT2D eigenvalue weighted by Crippen LogP contribution is -2.36. The van der Waals surface area contributed by atoms with Crippen molar-refractivity contribution in [2.45, 2.75) is 19.4 Å².